The van der Waals surface area contributed by atoms with Crippen LogP contribution in [0.4, 0.5) is 11.6 Å². The van der Waals surface area contributed by atoms with Gasteiger partial charge in [0.25, 0.3) is 0 Å². The number of hydrogen-bond acceptors (Lipinski definition) is 6. The molecule has 114 valence electrons. The van der Waals surface area contributed by atoms with Crippen molar-refractivity contribution in [2.45, 2.75) is 47.1 Å². The van der Waals surface area contributed by atoms with Gasteiger partial charge in [0.05, 0.1) is 12.2 Å². The lowest BCUT2D eigenvalue weighted by Crippen LogP contribution is -2.11. The minimum Gasteiger partial charge on any atom is -0.370 e. The number of nitrogens with zero attached hydrogens (tertiary/aromatic N) is 3. The van der Waals surface area contributed by atoms with Gasteiger partial charge < -0.3 is 15.2 Å². The summed E-state index contributed by atoms with van der Waals surface area (Å²) in [5, 5.41) is 10.5. The summed E-state index contributed by atoms with van der Waals surface area (Å²) in [7, 11) is 0. The van der Waals surface area contributed by atoms with Gasteiger partial charge in [-0.1, -0.05) is 19.0 Å². The molecule has 2 heterocycles. The second kappa shape index (κ2) is 7.06. The molecule has 2 aromatic heterocycles. The van der Waals surface area contributed by atoms with Gasteiger partial charge in [0.2, 0.25) is 0 Å². The predicted octanol–water partition coefficient (Wildman–Crippen LogP) is 3.08. The molecule has 0 atom stereocenters. The minimum atomic E-state index is 0.565. The van der Waals surface area contributed by atoms with Crippen LogP contribution >= 0.6 is 0 Å². The van der Waals surface area contributed by atoms with Crippen molar-refractivity contribution in [1.82, 2.24) is 15.1 Å². The van der Waals surface area contributed by atoms with Crippen LogP contribution in [0.5, 0.6) is 0 Å². The van der Waals surface area contributed by atoms with Gasteiger partial charge >= 0.3 is 0 Å². The molecule has 6 nitrogen and oxygen atoms in total. The van der Waals surface area contributed by atoms with Crippen molar-refractivity contribution in [3.8, 4) is 0 Å². The van der Waals surface area contributed by atoms with Crippen molar-refractivity contribution in [2.75, 3.05) is 17.2 Å². The zero-order chi connectivity index (χ0) is 15.2. The molecule has 0 unspecified atom stereocenters. The Morgan fingerprint density at radius 1 is 1.10 bits per heavy atom. The van der Waals surface area contributed by atoms with Crippen LogP contribution in [-0.4, -0.2) is 21.7 Å². The number of anilines is 2. The van der Waals surface area contributed by atoms with Gasteiger partial charge in [0.1, 0.15) is 17.5 Å². The lowest BCUT2D eigenvalue weighted by molar-refractivity contribution is 0.384. The average molecular weight is 289 g/mol. The molecular weight excluding hydrogens is 266 g/mol. The Bertz CT molecular complexity index is 594. The van der Waals surface area contributed by atoms with E-state index >= 15 is 0 Å². The molecule has 2 N–H and O–H groups in total. The van der Waals surface area contributed by atoms with Crippen LogP contribution < -0.4 is 10.6 Å². The van der Waals surface area contributed by atoms with E-state index in [-0.39, 0.29) is 0 Å². The fourth-order valence-corrected chi connectivity index (χ4v) is 1.98. The van der Waals surface area contributed by atoms with Gasteiger partial charge in [0.15, 0.2) is 5.76 Å². The van der Waals surface area contributed by atoms with Crippen molar-refractivity contribution in [3.05, 3.63) is 28.9 Å². The summed E-state index contributed by atoms with van der Waals surface area (Å²) in [6.07, 6.45) is 1.86. The van der Waals surface area contributed by atoms with E-state index in [1.807, 2.05) is 19.9 Å². The highest BCUT2D eigenvalue weighted by Crippen LogP contribution is 2.21. The molecule has 2 aromatic rings. The molecule has 0 aromatic carbocycles. The molecular formula is C15H23N5O. The summed E-state index contributed by atoms with van der Waals surface area (Å²) in [6, 6.07) is 1.92. The zero-order valence-electron chi connectivity index (χ0n) is 13.2. The van der Waals surface area contributed by atoms with E-state index in [0.29, 0.717) is 6.54 Å². The highest BCUT2D eigenvalue weighted by molar-refractivity contribution is 5.57. The molecule has 0 aliphatic rings. The molecule has 0 bridgehead atoms. The van der Waals surface area contributed by atoms with Gasteiger partial charge in [-0.3, -0.25) is 0 Å². The summed E-state index contributed by atoms with van der Waals surface area (Å²) >= 11 is 0. The summed E-state index contributed by atoms with van der Waals surface area (Å²) in [4.78, 5) is 9.11. The highest BCUT2D eigenvalue weighted by Gasteiger charge is 2.10. The van der Waals surface area contributed by atoms with Crippen LogP contribution in [0.3, 0.4) is 0 Å². The van der Waals surface area contributed by atoms with E-state index in [9.17, 15) is 0 Å². The van der Waals surface area contributed by atoms with Crippen LogP contribution in [0, 0.1) is 13.8 Å². The second-order valence-corrected chi connectivity index (χ2v) is 5.03. The molecule has 0 aliphatic heterocycles. The predicted molar refractivity (Wildman–Crippen MR) is 83.5 cm³/mol. The van der Waals surface area contributed by atoms with Crippen LogP contribution in [0.15, 0.2) is 10.6 Å². The first kappa shape index (κ1) is 15.3. The third kappa shape index (κ3) is 3.93. The van der Waals surface area contributed by atoms with E-state index in [4.69, 9.17) is 4.52 Å². The summed E-state index contributed by atoms with van der Waals surface area (Å²) in [5.74, 6) is 3.37. The Morgan fingerprint density at radius 2 is 1.81 bits per heavy atom. The van der Waals surface area contributed by atoms with Crippen LogP contribution in [-0.2, 0) is 13.0 Å². The summed E-state index contributed by atoms with van der Waals surface area (Å²) < 4.78 is 5.21. The van der Waals surface area contributed by atoms with Crippen molar-refractivity contribution in [1.29, 1.82) is 0 Å². The van der Waals surface area contributed by atoms with E-state index in [1.165, 1.54) is 0 Å². The number of nitrogens with one attached hydrogen (secondary N) is 2. The smallest absolute Gasteiger partial charge is 0.156 e. The van der Waals surface area contributed by atoms with Crippen LogP contribution in [0.1, 0.15) is 43.1 Å². The number of hydrogen-bond donors (Lipinski definition) is 2. The first-order valence-electron chi connectivity index (χ1n) is 7.41. The van der Waals surface area contributed by atoms with Crippen molar-refractivity contribution in [2.24, 2.45) is 0 Å². The molecule has 0 amide bonds. The topological polar surface area (TPSA) is 75.9 Å². The lowest BCUT2D eigenvalue weighted by Gasteiger charge is -2.14. The van der Waals surface area contributed by atoms with E-state index in [1.54, 1.807) is 0 Å². The molecule has 2 rings (SSSR count). The first-order chi connectivity index (χ1) is 10.1. The van der Waals surface area contributed by atoms with E-state index < -0.39 is 0 Å². The Morgan fingerprint density at radius 3 is 2.38 bits per heavy atom. The third-order valence-electron chi connectivity index (χ3n) is 3.16. The molecule has 0 saturated carbocycles. The Labute approximate surface area is 125 Å². The standard InChI is InChI=1S/C15H23N5O/c1-5-7-16-14-11(4)15(19-13(6-2)18-14)17-9-12-8-10(3)20-21-12/h8H,5-7,9H2,1-4H3,(H2,16,17,18,19). The van der Waals surface area contributed by atoms with Crippen molar-refractivity contribution in [3.63, 3.8) is 0 Å². The number of aryl methyl sites for hydroxylation is 2. The summed E-state index contributed by atoms with van der Waals surface area (Å²) in [5.41, 5.74) is 1.91. The molecule has 6 heteroatoms. The maximum absolute atomic E-state index is 5.21. The number of aromatic nitrogens is 3. The molecule has 0 aliphatic carbocycles. The molecule has 0 saturated heterocycles. The van der Waals surface area contributed by atoms with Crippen molar-refractivity contribution >= 4 is 11.6 Å². The average Bonchev–Trinajstić information content (AvgIpc) is 2.90. The maximum Gasteiger partial charge on any atom is 0.156 e. The molecule has 0 fully saturated rings. The van der Waals surface area contributed by atoms with Gasteiger partial charge in [0, 0.05) is 24.6 Å². The van der Waals surface area contributed by atoms with E-state index in [2.05, 4.69) is 39.6 Å². The SMILES string of the molecule is CCCNc1nc(CC)nc(NCc2cc(C)no2)c1C. The Kier molecular flexibility index (Phi) is 5.14. The van der Waals surface area contributed by atoms with Gasteiger partial charge in [-0.15, -0.1) is 0 Å². The number of rotatable bonds is 7. The fourth-order valence-electron chi connectivity index (χ4n) is 1.98. The van der Waals surface area contributed by atoms with Crippen LogP contribution in [0.2, 0.25) is 0 Å². The van der Waals surface area contributed by atoms with E-state index in [0.717, 1.165) is 53.9 Å². The normalized spacial score (nSPS) is 10.7. The minimum absolute atomic E-state index is 0.565. The van der Waals surface area contributed by atoms with Gasteiger partial charge in [-0.05, 0) is 20.3 Å². The summed E-state index contributed by atoms with van der Waals surface area (Å²) in [6.45, 7) is 9.58. The highest BCUT2D eigenvalue weighted by atomic mass is 16.5. The second-order valence-electron chi connectivity index (χ2n) is 5.03. The maximum atomic E-state index is 5.21. The molecule has 21 heavy (non-hydrogen) atoms. The quantitative estimate of drug-likeness (QED) is 0.815. The van der Waals surface area contributed by atoms with Gasteiger partial charge in [-0.25, -0.2) is 9.97 Å². The monoisotopic (exact) mass is 289 g/mol. The lowest BCUT2D eigenvalue weighted by atomic mass is 10.2. The zero-order valence-corrected chi connectivity index (χ0v) is 13.2. The largest absolute Gasteiger partial charge is 0.370 e. The molecule has 0 radical (unpaired) electrons. The molecule has 0 spiro atoms. The fraction of sp³-hybridized carbons (Fsp3) is 0.533. The Hall–Kier alpha value is -2.11. The third-order valence-corrected chi connectivity index (χ3v) is 3.16. The van der Waals surface area contributed by atoms with Gasteiger partial charge in [-0.2, -0.15) is 0 Å². The Balaban J connectivity index is 2.16. The van der Waals surface area contributed by atoms with Crippen molar-refractivity contribution < 1.29 is 4.52 Å². The first-order valence-corrected chi connectivity index (χ1v) is 7.41. The van der Waals surface area contributed by atoms with Crippen LogP contribution in [0.25, 0.3) is 0 Å².